The van der Waals surface area contributed by atoms with Crippen LogP contribution < -0.4 is 21.8 Å². The maximum atomic E-state index is 13.4. The van der Waals surface area contributed by atoms with Crippen LogP contribution in [0.25, 0.3) is 0 Å². The molecule has 2 atom stereocenters. The van der Waals surface area contributed by atoms with E-state index in [-0.39, 0.29) is 19.7 Å². The predicted octanol–water partition coefficient (Wildman–Crippen LogP) is 2.08. The third-order valence-corrected chi connectivity index (χ3v) is 6.70. The number of hydrogen-bond acceptors (Lipinski definition) is 7. The number of nitrogens with one attached hydrogen (secondary N) is 3. The summed E-state index contributed by atoms with van der Waals surface area (Å²) in [7, 11) is 0. The Morgan fingerprint density at radius 2 is 1.25 bits per heavy atom. The third kappa shape index (κ3) is 12.4. The van der Waals surface area contributed by atoms with Gasteiger partial charge in [-0.2, -0.15) is 0 Å². The van der Waals surface area contributed by atoms with E-state index in [0.717, 1.165) is 23.3 Å². The van der Waals surface area contributed by atoms with E-state index >= 15 is 0 Å². The van der Waals surface area contributed by atoms with Crippen LogP contribution in [0.2, 0.25) is 0 Å². The summed E-state index contributed by atoms with van der Waals surface area (Å²) in [6.45, 7) is 2.22. The van der Waals surface area contributed by atoms with Gasteiger partial charge in [0.25, 0.3) is 11.8 Å². The minimum absolute atomic E-state index is 0.0110. The van der Waals surface area contributed by atoms with Crippen LogP contribution in [0, 0.1) is 5.82 Å². The average molecular weight is 661 g/mol. The minimum atomic E-state index is -1.23. The standard InChI is InChI=1S/C34H37FN6O7/c1-23(38-34(47)48-22-27-11-7-4-8-12-27)32(45)37-24(2)33(46)39-41(21-29(36)42)31(44)18-17-30(43)40(19-25-9-5-3-6-10-25)20-26-13-15-28(35)16-14-26/h3-18,23-24H,19-22H2,1-2H3,(H2,36,42)(H,37,45)(H,38,47)(H,39,46)/b18-17+. The van der Waals surface area contributed by atoms with Crippen molar-refractivity contribution in [3.63, 3.8) is 0 Å². The summed E-state index contributed by atoms with van der Waals surface area (Å²) in [5, 5.41) is 5.35. The van der Waals surface area contributed by atoms with E-state index in [9.17, 15) is 33.2 Å². The van der Waals surface area contributed by atoms with Crippen molar-refractivity contribution in [3.05, 3.63) is 120 Å². The predicted molar refractivity (Wildman–Crippen MR) is 172 cm³/mol. The summed E-state index contributed by atoms with van der Waals surface area (Å²) in [4.78, 5) is 76.8. The Morgan fingerprint density at radius 3 is 1.83 bits per heavy atom. The summed E-state index contributed by atoms with van der Waals surface area (Å²) >= 11 is 0. The van der Waals surface area contributed by atoms with Gasteiger partial charge in [0.05, 0.1) is 0 Å². The Balaban J connectivity index is 1.59. The quantitative estimate of drug-likeness (QED) is 0.151. The van der Waals surface area contributed by atoms with Gasteiger partial charge in [0.1, 0.15) is 31.1 Å². The van der Waals surface area contributed by atoms with E-state index in [0.29, 0.717) is 10.6 Å². The zero-order valence-electron chi connectivity index (χ0n) is 26.4. The smallest absolute Gasteiger partial charge is 0.408 e. The molecule has 6 amide bonds. The average Bonchev–Trinajstić information content (AvgIpc) is 3.07. The number of rotatable bonds is 14. The summed E-state index contributed by atoms with van der Waals surface area (Å²) in [6.07, 6.45) is 0.993. The van der Waals surface area contributed by atoms with Gasteiger partial charge in [0.2, 0.25) is 17.7 Å². The molecular weight excluding hydrogens is 623 g/mol. The van der Waals surface area contributed by atoms with Crippen molar-refractivity contribution in [2.75, 3.05) is 6.54 Å². The molecule has 0 aliphatic heterocycles. The first-order chi connectivity index (χ1) is 22.9. The lowest BCUT2D eigenvalue weighted by molar-refractivity contribution is -0.142. The summed E-state index contributed by atoms with van der Waals surface area (Å²) in [5.74, 6) is -4.54. The second kappa shape index (κ2) is 18.2. The van der Waals surface area contributed by atoms with Gasteiger partial charge in [-0.05, 0) is 42.7 Å². The van der Waals surface area contributed by atoms with Crippen LogP contribution in [0.15, 0.2) is 97.1 Å². The molecule has 3 aromatic carbocycles. The highest BCUT2D eigenvalue weighted by molar-refractivity contribution is 5.99. The van der Waals surface area contributed by atoms with E-state index in [4.69, 9.17) is 10.5 Å². The molecule has 14 heteroatoms. The highest BCUT2D eigenvalue weighted by atomic mass is 19.1. The lowest BCUT2D eigenvalue weighted by Crippen LogP contribution is -2.56. The number of carbonyl (C=O) groups excluding carboxylic acids is 6. The molecule has 48 heavy (non-hydrogen) atoms. The second-order valence-electron chi connectivity index (χ2n) is 10.7. The number of alkyl carbamates (subject to hydrolysis) is 1. The maximum absolute atomic E-state index is 13.4. The van der Waals surface area contributed by atoms with Crippen molar-refractivity contribution >= 4 is 35.6 Å². The van der Waals surface area contributed by atoms with E-state index in [1.807, 2.05) is 24.3 Å². The minimum Gasteiger partial charge on any atom is -0.445 e. The maximum Gasteiger partial charge on any atom is 0.408 e. The molecule has 0 heterocycles. The molecule has 0 aliphatic rings. The number of amides is 6. The summed E-state index contributed by atoms with van der Waals surface area (Å²) in [6, 6.07) is 21.3. The molecular formula is C34H37FN6O7. The van der Waals surface area contributed by atoms with Gasteiger partial charge in [-0.1, -0.05) is 72.8 Å². The first kappa shape index (κ1) is 36.4. The molecule has 0 saturated carbocycles. The van der Waals surface area contributed by atoms with E-state index in [1.165, 1.54) is 43.0 Å². The van der Waals surface area contributed by atoms with Gasteiger partial charge >= 0.3 is 6.09 Å². The van der Waals surface area contributed by atoms with Crippen LogP contribution in [-0.2, 0) is 48.4 Å². The molecule has 0 spiro atoms. The highest BCUT2D eigenvalue weighted by Gasteiger charge is 2.25. The number of hydrogen-bond donors (Lipinski definition) is 4. The van der Waals surface area contributed by atoms with E-state index < -0.39 is 60.1 Å². The van der Waals surface area contributed by atoms with Crippen LogP contribution in [0.4, 0.5) is 9.18 Å². The first-order valence-electron chi connectivity index (χ1n) is 14.8. The number of ether oxygens (including phenoxy) is 1. The Bertz CT molecular complexity index is 1600. The molecule has 252 valence electrons. The number of nitrogens with zero attached hydrogens (tertiary/aromatic N) is 2. The van der Waals surface area contributed by atoms with Crippen LogP contribution in [0.1, 0.15) is 30.5 Å². The fourth-order valence-electron chi connectivity index (χ4n) is 4.13. The summed E-state index contributed by atoms with van der Waals surface area (Å²) < 4.78 is 18.5. The SMILES string of the molecule is CC(NC(=O)OCc1ccccc1)C(=O)NC(C)C(=O)NN(CC(N)=O)C(=O)/C=C/C(=O)N(Cc1ccccc1)Cc1ccc(F)cc1. The van der Waals surface area contributed by atoms with E-state index in [1.54, 1.807) is 36.4 Å². The van der Waals surface area contributed by atoms with Gasteiger partial charge in [-0.3, -0.25) is 29.4 Å². The Kier molecular flexibility index (Phi) is 13.8. The number of hydrazine groups is 1. The first-order valence-corrected chi connectivity index (χ1v) is 14.8. The molecule has 2 unspecified atom stereocenters. The number of nitrogens with two attached hydrogens (primary N) is 1. The Morgan fingerprint density at radius 1 is 0.729 bits per heavy atom. The highest BCUT2D eigenvalue weighted by Crippen LogP contribution is 2.12. The lowest BCUT2D eigenvalue weighted by Gasteiger charge is -2.24. The van der Waals surface area contributed by atoms with Crippen molar-refractivity contribution in [1.82, 2.24) is 26.0 Å². The number of carbonyl (C=O) groups is 6. The number of primary amides is 1. The van der Waals surface area contributed by atoms with Crippen molar-refractivity contribution in [3.8, 4) is 0 Å². The molecule has 0 aliphatic carbocycles. The van der Waals surface area contributed by atoms with Gasteiger partial charge in [-0.25, -0.2) is 14.2 Å². The van der Waals surface area contributed by atoms with Crippen LogP contribution in [-0.4, -0.2) is 64.2 Å². The molecule has 0 bridgehead atoms. The van der Waals surface area contributed by atoms with Gasteiger partial charge in [0.15, 0.2) is 0 Å². The normalized spacial score (nSPS) is 11.9. The van der Waals surface area contributed by atoms with Crippen molar-refractivity contribution in [2.45, 2.75) is 45.6 Å². The molecule has 0 saturated heterocycles. The zero-order chi connectivity index (χ0) is 35.1. The molecule has 5 N–H and O–H groups in total. The second-order valence-corrected chi connectivity index (χ2v) is 10.7. The van der Waals surface area contributed by atoms with Crippen LogP contribution >= 0.6 is 0 Å². The molecule has 0 radical (unpaired) electrons. The molecule has 0 aromatic heterocycles. The fourth-order valence-corrected chi connectivity index (χ4v) is 4.13. The van der Waals surface area contributed by atoms with Crippen LogP contribution in [0.3, 0.4) is 0 Å². The monoisotopic (exact) mass is 660 g/mol. The number of benzene rings is 3. The molecule has 3 aromatic rings. The van der Waals surface area contributed by atoms with Gasteiger partial charge in [-0.15, -0.1) is 0 Å². The Labute approximate surface area is 276 Å². The summed E-state index contributed by atoms with van der Waals surface area (Å²) in [5.41, 5.74) is 9.68. The molecule has 3 rings (SSSR count). The van der Waals surface area contributed by atoms with Crippen molar-refractivity contribution in [1.29, 1.82) is 0 Å². The topological polar surface area (TPSA) is 180 Å². The van der Waals surface area contributed by atoms with Crippen LogP contribution in [0.5, 0.6) is 0 Å². The number of halogens is 1. The zero-order valence-corrected chi connectivity index (χ0v) is 26.4. The lowest BCUT2D eigenvalue weighted by atomic mass is 10.1. The molecule has 0 fully saturated rings. The molecule has 13 nitrogen and oxygen atoms in total. The van der Waals surface area contributed by atoms with Crippen molar-refractivity contribution < 1.29 is 37.9 Å². The largest absolute Gasteiger partial charge is 0.445 e. The van der Waals surface area contributed by atoms with E-state index in [2.05, 4.69) is 16.1 Å². The third-order valence-electron chi connectivity index (χ3n) is 6.70. The fraction of sp³-hybridized carbons (Fsp3) is 0.235. The van der Waals surface area contributed by atoms with Gasteiger partial charge in [0, 0.05) is 25.2 Å². The van der Waals surface area contributed by atoms with Gasteiger partial charge < -0.3 is 26.0 Å². The van der Waals surface area contributed by atoms with Crippen molar-refractivity contribution in [2.24, 2.45) is 5.73 Å². The Hall–Kier alpha value is -6.05.